The number of carbonyl (C=O) groups is 1. The Bertz CT molecular complexity index is 584. The molecule has 0 radical (unpaired) electrons. The molecular formula is C16H19FN2O2. The first-order valence-electron chi connectivity index (χ1n) is 6.88. The molecule has 5 heteroatoms. The molecule has 0 saturated carbocycles. The van der Waals surface area contributed by atoms with Crippen molar-refractivity contribution in [2.75, 3.05) is 0 Å². The highest BCUT2D eigenvalue weighted by molar-refractivity contribution is 5.81. The molecular weight excluding hydrogens is 271 g/mol. The van der Waals surface area contributed by atoms with Crippen LogP contribution in [-0.2, 0) is 11.3 Å². The molecule has 0 aliphatic heterocycles. The summed E-state index contributed by atoms with van der Waals surface area (Å²) in [5.74, 6) is 0.257. The van der Waals surface area contributed by atoms with E-state index in [1.165, 1.54) is 6.07 Å². The van der Waals surface area contributed by atoms with Gasteiger partial charge in [0.1, 0.15) is 11.6 Å². The summed E-state index contributed by atoms with van der Waals surface area (Å²) in [6, 6.07) is 9.41. The van der Waals surface area contributed by atoms with Crippen LogP contribution in [0.4, 0.5) is 4.39 Å². The molecule has 1 heterocycles. The predicted octanol–water partition coefficient (Wildman–Crippen LogP) is 2.77. The van der Waals surface area contributed by atoms with E-state index >= 15 is 0 Å². The maximum Gasteiger partial charge on any atom is 0.237 e. The van der Waals surface area contributed by atoms with E-state index < -0.39 is 6.04 Å². The van der Waals surface area contributed by atoms with Crippen molar-refractivity contribution in [2.24, 2.45) is 0 Å². The lowest BCUT2D eigenvalue weighted by atomic mass is 10.1. The molecule has 2 aromatic rings. The monoisotopic (exact) mass is 290 g/mol. The Morgan fingerprint density at radius 2 is 2.00 bits per heavy atom. The normalized spacial score (nSPS) is 13.7. The van der Waals surface area contributed by atoms with Gasteiger partial charge in [0.15, 0.2) is 0 Å². The Kier molecular flexibility index (Phi) is 5.11. The Hall–Kier alpha value is -2.14. The van der Waals surface area contributed by atoms with Gasteiger partial charge in [0, 0.05) is 11.6 Å². The lowest BCUT2D eigenvalue weighted by Crippen LogP contribution is -2.42. The summed E-state index contributed by atoms with van der Waals surface area (Å²) >= 11 is 0. The zero-order valence-corrected chi connectivity index (χ0v) is 12.1. The van der Waals surface area contributed by atoms with E-state index in [0.29, 0.717) is 17.9 Å². The highest BCUT2D eigenvalue weighted by atomic mass is 19.1. The number of nitrogens with one attached hydrogen (secondary N) is 2. The molecule has 1 amide bonds. The molecule has 1 unspecified atom stereocenters. The Balaban J connectivity index is 1.87. The number of amides is 1. The summed E-state index contributed by atoms with van der Waals surface area (Å²) < 4.78 is 18.8. The second kappa shape index (κ2) is 7.04. The van der Waals surface area contributed by atoms with Gasteiger partial charge in [0.2, 0.25) is 5.91 Å². The summed E-state index contributed by atoms with van der Waals surface area (Å²) in [4.78, 5) is 12.0. The standard InChI is InChI=1S/C16H19FN2O2/c1-11(14-7-3-4-8-15(14)17)19-12(2)16(20)18-10-13-6-5-9-21-13/h3-9,11-12,19H,10H2,1-2H3,(H,18,20)/t11-,12?/m1/s1. The van der Waals surface area contributed by atoms with Gasteiger partial charge in [0.25, 0.3) is 0 Å². The van der Waals surface area contributed by atoms with Gasteiger partial charge < -0.3 is 9.73 Å². The second-order valence-corrected chi connectivity index (χ2v) is 4.93. The van der Waals surface area contributed by atoms with Crippen LogP contribution in [0.3, 0.4) is 0 Å². The zero-order valence-electron chi connectivity index (χ0n) is 12.1. The molecule has 0 aliphatic rings. The van der Waals surface area contributed by atoms with E-state index in [1.807, 2.05) is 6.92 Å². The first-order chi connectivity index (χ1) is 10.1. The summed E-state index contributed by atoms with van der Waals surface area (Å²) in [7, 11) is 0. The van der Waals surface area contributed by atoms with Gasteiger partial charge in [-0.2, -0.15) is 0 Å². The first kappa shape index (κ1) is 15.3. The van der Waals surface area contributed by atoms with Crippen molar-refractivity contribution in [3.63, 3.8) is 0 Å². The van der Waals surface area contributed by atoms with Gasteiger partial charge >= 0.3 is 0 Å². The smallest absolute Gasteiger partial charge is 0.237 e. The van der Waals surface area contributed by atoms with Crippen molar-refractivity contribution in [1.82, 2.24) is 10.6 Å². The maximum absolute atomic E-state index is 13.7. The number of furan rings is 1. The highest BCUT2D eigenvalue weighted by Crippen LogP contribution is 2.16. The van der Waals surface area contributed by atoms with Crippen LogP contribution >= 0.6 is 0 Å². The number of hydrogen-bond donors (Lipinski definition) is 2. The summed E-state index contributed by atoms with van der Waals surface area (Å²) in [5.41, 5.74) is 0.545. The fourth-order valence-electron chi connectivity index (χ4n) is 2.11. The van der Waals surface area contributed by atoms with E-state index in [1.54, 1.807) is 43.5 Å². The number of rotatable bonds is 6. The van der Waals surface area contributed by atoms with Gasteiger partial charge in [0.05, 0.1) is 18.8 Å². The van der Waals surface area contributed by atoms with Crippen molar-refractivity contribution in [2.45, 2.75) is 32.5 Å². The minimum atomic E-state index is -0.436. The number of benzene rings is 1. The Morgan fingerprint density at radius 3 is 2.67 bits per heavy atom. The first-order valence-corrected chi connectivity index (χ1v) is 6.88. The van der Waals surface area contributed by atoms with E-state index in [4.69, 9.17) is 4.42 Å². The van der Waals surface area contributed by atoms with Crippen LogP contribution < -0.4 is 10.6 Å². The zero-order chi connectivity index (χ0) is 15.2. The average Bonchev–Trinajstić information content (AvgIpc) is 2.98. The van der Waals surface area contributed by atoms with Crippen molar-refractivity contribution in [3.05, 3.63) is 59.8 Å². The Labute approximate surface area is 123 Å². The van der Waals surface area contributed by atoms with Crippen LogP contribution in [-0.4, -0.2) is 11.9 Å². The van der Waals surface area contributed by atoms with E-state index in [-0.39, 0.29) is 17.8 Å². The molecule has 4 nitrogen and oxygen atoms in total. The lowest BCUT2D eigenvalue weighted by molar-refractivity contribution is -0.123. The molecule has 0 aliphatic carbocycles. The molecule has 2 N–H and O–H groups in total. The minimum Gasteiger partial charge on any atom is -0.467 e. The summed E-state index contributed by atoms with van der Waals surface area (Å²) in [5, 5.41) is 5.85. The van der Waals surface area contributed by atoms with Gasteiger partial charge in [-0.15, -0.1) is 0 Å². The third-order valence-corrected chi connectivity index (χ3v) is 3.28. The second-order valence-electron chi connectivity index (χ2n) is 4.93. The fraction of sp³-hybridized carbons (Fsp3) is 0.312. The molecule has 1 aromatic carbocycles. The molecule has 2 rings (SSSR count). The van der Waals surface area contributed by atoms with Crippen molar-refractivity contribution in [1.29, 1.82) is 0 Å². The SMILES string of the molecule is CC(N[C@H](C)c1ccccc1F)C(=O)NCc1ccco1. The molecule has 2 atom stereocenters. The predicted molar refractivity (Wildman–Crippen MR) is 78.0 cm³/mol. The van der Waals surface area contributed by atoms with Crippen LogP contribution in [0.5, 0.6) is 0 Å². The average molecular weight is 290 g/mol. The summed E-state index contributed by atoms with van der Waals surface area (Å²) in [6.07, 6.45) is 1.56. The van der Waals surface area contributed by atoms with Crippen molar-refractivity contribution >= 4 is 5.91 Å². The molecule has 21 heavy (non-hydrogen) atoms. The van der Waals surface area contributed by atoms with E-state index in [0.717, 1.165) is 0 Å². The topological polar surface area (TPSA) is 54.3 Å². The Morgan fingerprint density at radius 1 is 1.24 bits per heavy atom. The highest BCUT2D eigenvalue weighted by Gasteiger charge is 2.18. The molecule has 112 valence electrons. The third-order valence-electron chi connectivity index (χ3n) is 3.28. The number of hydrogen-bond acceptors (Lipinski definition) is 3. The van der Waals surface area contributed by atoms with Gasteiger partial charge in [-0.1, -0.05) is 18.2 Å². The van der Waals surface area contributed by atoms with Crippen LogP contribution in [0.1, 0.15) is 31.2 Å². The van der Waals surface area contributed by atoms with Crippen LogP contribution in [0.15, 0.2) is 47.1 Å². The van der Waals surface area contributed by atoms with Gasteiger partial charge in [-0.25, -0.2) is 4.39 Å². The fourth-order valence-corrected chi connectivity index (χ4v) is 2.11. The number of carbonyl (C=O) groups excluding carboxylic acids is 1. The van der Waals surface area contributed by atoms with E-state index in [9.17, 15) is 9.18 Å². The number of halogens is 1. The lowest BCUT2D eigenvalue weighted by Gasteiger charge is -2.20. The quantitative estimate of drug-likeness (QED) is 0.860. The van der Waals surface area contributed by atoms with Crippen LogP contribution in [0.25, 0.3) is 0 Å². The molecule has 0 saturated heterocycles. The summed E-state index contributed by atoms with van der Waals surface area (Å²) in [6.45, 7) is 3.91. The van der Waals surface area contributed by atoms with Crippen LogP contribution in [0, 0.1) is 5.82 Å². The molecule has 0 spiro atoms. The molecule has 0 bridgehead atoms. The largest absolute Gasteiger partial charge is 0.467 e. The van der Waals surface area contributed by atoms with Crippen molar-refractivity contribution < 1.29 is 13.6 Å². The van der Waals surface area contributed by atoms with Gasteiger partial charge in [-0.05, 0) is 32.0 Å². The van der Waals surface area contributed by atoms with Crippen molar-refractivity contribution in [3.8, 4) is 0 Å². The molecule has 1 aromatic heterocycles. The maximum atomic E-state index is 13.7. The third kappa shape index (κ3) is 4.16. The molecule has 0 fully saturated rings. The van der Waals surface area contributed by atoms with Crippen LogP contribution in [0.2, 0.25) is 0 Å². The minimum absolute atomic E-state index is 0.158. The van der Waals surface area contributed by atoms with E-state index in [2.05, 4.69) is 10.6 Å². The van der Waals surface area contributed by atoms with Gasteiger partial charge in [-0.3, -0.25) is 10.1 Å².